The number of nitrogens with one attached hydrogen (secondary N) is 1. The minimum Gasteiger partial charge on any atom is -0.410 e. The highest BCUT2D eigenvalue weighted by molar-refractivity contribution is 5.87. The summed E-state index contributed by atoms with van der Waals surface area (Å²) < 4.78 is 5.41. The Balaban J connectivity index is 1.61. The molecule has 0 aliphatic heterocycles. The summed E-state index contributed by atoms with van der Waals surface area (Å²) in [4.78, 5) is 12.1. The predicted molar refractivity (Wildman–Crippen MR) is 128 cm³/mol. The molecule has 0 saturated carbocycles. The molecule has 0 unspecified atom stereocenters. The molecule has 0 aromatic heterocycles. The maximum absolute atomic E-state index is 12.1. The van der Waals surface area contributed by atoms with Gasteiger partial charge in [0.05, 0.1) is 0 Å². The van der Waals surface area contributed by atoms with Crippen LogP contribution in [-0.2, 0) is 6.42 Å². The number of hydrogen-bond donors (Lipinski definition) is 1. The number of rotatable bonds is 13. The molecule has 2 aromatic rings. The van der Waals surface area contributed by atoms with Gasteiger partial charge in [-0.3, -0.25) is 5.32 Å². The first kappa shape index (κ1) is 24.0. The van der Waals surface area contributed by atoms with E-state index in [0.29, 0.717) is 5.75 Å². The van der Waals surface area contributed by atoms with Gasteiger partial charge in [0.2, 0.25) is 0 Å². The van der Waals surface area contributed by atoms with Crippen molar-refractivity contribution in [2.45, 2.75) is 91.4 Å². The van der Waals surface area contributed by atoms with Crippen molar-refractivity contribution in [3.8, 4) is 5.75 Å². The lowest BCUT2D eigenvalue weighted by Crippen LogP contribution is -2.17. The third kappa shape index (κ3) is 9.47. The Morgan fingerprint density at radius 2 is 1.40 bits per heavy atom. The van der Waals surface area contributed by atoms with Crippen LogP contribution >= 0.6 is 0 Å². The largest absolute Gasteiger partial charge is 0.417 e. The average molecular weight is 410 g/mol. The summed E-state index contributed by atoms with van der Waals surface area (Å²) in [7, 11) is 0. The topological polar surface area (TPSA) is 38.3 Å². The first-order chi connectivity index (χ1) is 14.6. The van der Waals surface area contributed by atoms with Gasteiger partial charge in [-0.1, -0.05) is 94.5 Å². The molecule has 164 valence electrons. The van der Waals surface area contributed by atoms with Crippen LogP contribution in [0.3, 0.4) is 0 Å². The smallest absolute Gasteiger partial charge is 0.410 e. The molecule has 0 fully saturated rings. The highest BCUT2D eigenvalue weighted by Crippen LogP contribution is 2.19. The standard InChI is InChI=1S/C27H39NO2/c1-4-5-6-7-8-9-10-11-12-13-14-24-16-18-25(19-17-24)30-27(29)28-26-20-15-22(2)21-23(26)3/h15-21H,4-14H2,1-3H3,(H,28,29). The molecular formula is C27H39NO2. The lowest BCUT2D eigenvalue weighted by Gasteiger charge is -2.10. The van der Waals surface area contributed by atoms with Gasteiger partial charge in [0.1, 0.15) is 5.75 Å². The number of carbonyl (C=O) groups excluding carboxylic acids is 1. The second kappa shape index (κ2) is 13.8. The number of carbonyl (C=O) groups is 1. The number of ether oxygens (including phenoxy) is 1. The molecule has 0 bridgehead atoms. The summed E-state index contributed by atoms with van der Waals surface area (Å²) in [6.45, 7) is 6.28. The lowest BCUT2D eigenvalue weighted by atomic mass is 10.0. The molecule has 30 heavy (non-hydrogen) atoms. The number of benzene rings is 2. The molecule has 0 radical (unpaired) electrons. The Hall–Kier alpha value is -2.29. The van der Waals surface area contributed by atoms with E-state index in [1.807, 2.05) is 44.2 Å². The van der Waals surface area contributed by atoms with E-state index in [9.17, 15) is 4.79 Å². The molecular weight excluding hydrogens is 370 g/mol. The second-order valence-electron chi connectivity index (χ2n) is 8.41. The molecule has 0 saturated heterocycles. The van der Waals surface area contributed by atoms with Crippen molar-refractivity contribution in [3.63, 3.8) is 0 Å². The van der Waals surface area contributed by atoms with Crippen LogP contribution in [0, 0.1) is 13.8 Å². The van der Waals surface area contributed by atoms with E-state index in [-0.39, 0.29) is 0 Å². The number of unbranched alkanes of at least 4 members (excludes halogenated alkanes) is 9. The molecule has 0 aliphatic carbocycles. The molecule has 0 heterocycles. The van der Waals surface area contributed by atoms with Crippen LogP contribution in [0.4, 0.5) is 10.5 Å². The Morgan fingerprint density at radius 3 is 2.00 bits per heavy atom. The third-order valence-corrected chi connectivity index (χ3v) is 5.57. The monoisotopic (exact) mass is 409 g/mol. The van der Waals surface area contributed by atoms with Gasteiger partial charge in [0.15, 0.2) is 0 Å². The van der Waals surface area contributed by atoms with Crippen LogP contribution in [0.1, 0.15) is 87.8 Å². The van der Waals surface area contributed by atoms with E-state index in [4.69, 9.17) is 4.74 Å². The van der Waals surface area contributed by atoms with Crippen LogP contribution in [0.2, 0.25) is 0 Å². The summed E-state index contributed by atoms with van der Waals surface area (Å²) >= 11 is 0. The summed E-state index contributed by atoms with van der Waals surface area (Å²) in [5.74, 6) is 0.573. The van der Waals surface area contributed by atoms with Crippen LogP contribution in [0.5, 0.6) is 5.75 Å². The van der Waals surface area contributed by atoms with Crippen LogP contribution in [-0.4, -0.2) is 6.09 Å². The normalized spacial score (nSPS) is 10.8. The molecule has 0 atom stereocenters. The molecule has 1 amide bonds. The molecule has 1 N–H and O–H groups in total. The minimum absolute atomic E-state index is 0.454. The van der Waals surface area contributed by atoms with Gasteiger partial charge in [-0.15, -0.1) is 0 Å². The van der Waals surface area contributed by atoms with E-state index in [0.717, 1.165) is 17.7 Å². The van der Waals surface area contributed by atoms with E-state index in [2.05, 4.69) is 24.4 Å². The Labute approximate surface area is 183 Å². The average Bonchev–Trinajstić information content (AvgIpc) is 2.73. The fraction of sp³-hybridized carbons (Fsp3) is 0.519. The van der Waals surface area contributed by atoms with Gasteiger partial charge in [0.25, 0.3) is 0 Å². The van der Waals surface area contributed by atoms with Gasteiger partial charge < -0.3 is 4.74 Å². The fourth-order valence-corrected chi connectivity index (χ4v) is 3.74. The molecule has 2 aromatic carbocycles. The summed E-state index contributed by atoms with van der Waals surface area (Å²) in [5.41, 5.74) is 4.28. The number of aryl methyl sites for hydroxylation is 3. The van der Waals surface area contributed by atoms with E-state index < -0.39 is 6.09 Å². The van der Waals surface area contributed by atoms with Crippen molar-refractivity contribution in [2.24, 2.45) is 0 Å². The van der Waals surface area contributed by atoms with E-state index in [1.54, 1.807) is 0 Å². The van der Waals surface area contributed by atoms with Crippen LogP contribution < -0.4 is 10.1 Å². The van der Waals surface area contributed by atoms with Crippen molar-refractivity contribution in [1.82, 2.24) is 0 Å². The van der Waals surface area contributed by atoms with Gasteiger partial charge in [-0.2, -0.15) is 0 Å². The highest BCUT2D eigenvalue weighted by atomic mass is 16.6. The van der Waals surface area contributed by atoms with Gasteiger partial charge >= 0.3 is 6.09 Å². The molecule has 0 spiro atoms. The zero-order chi connectivity index (χ0) is 21.6. The maximum atomic E-state index is 12.1. The summed E-state index contributed by atoms with van der Waals surface area (Å²) in [6, 6.07) is 13.8. The predicted octanol–water partition coefficient (Wildman–Crippen LogP) is 8.38. The number of amides is 1. The minimum atomic E-state index is -0.454. The van der Waals surface area contributed by atoms with Crippen molar-refractivity contribution < 1.29 is 9.53 Å². The molecule has 3 nitrogen and oxygen atoms in total. The molecule has 0 aliphatic rings. The zero-order valence-electron chi connectivity index (χ0n) is 19.1. The molecule has 2 rings (SSSR count). The van der Waals surface area contributed by atoms with E-state index >= 15 is 0 Å². The SMILES string of the molecule is CCCCCCCCCCCCc1ccc(OC(=O)Nc2ccc(C)cc2C)cc1. The van der Waals surface area contributed by atoms with Crippen LogP contribution in [0.15, 0.2) is 42.5 Å². The maximum Gasteiger partial charge on any atom is 0.417 e. The third-order valence-electron chi connectivity index (χ3n) is 5.57. The fourth-order valence-electron chi connectivity index (χ4n) is 3.74. The van der Waals surface area contributed by atoms with Crippen molar-refractivity contribution in [1.29, 1.82) is 0 Å². The number of hydrogen-bond acceptors (Lipinski definition) is 2. The Kier molecular flexibility index (Phi) is 11.1. The lowest BCUT2D eigenvalue weighted by molar-refractivity contribution is 0.215. The molecule has 3 heteroatoms. The van der Waals surface area contributed by atoms with Gasteiger partial charge in [-0.25, -0.2) is 4.79 Å². The van der Waals surface area contributed by atoms with Gasteiger partial charge in [-0.05, 0) is 56.0 Å². The first-order valence-corrected chi connectivity index (χ1v) is 11.7. The Morgan fingerprint density at radius 1 is 0.800 bits per heavy atom. The van der Waals surface area contributed by atoms with Crippen molar-refractivity contribution in [3.05, 3.63) is 59.2 Å². The quantitative estimate of drug-likeness (QED) is 0.337. The van der Waals surface area contributed by atoms with Crippen molar-refractivity contribution >= 4 is 11.8 Å². The highest BCUT2D eigenvalue weighted by Gasteiger charge is 2.07. The van der Waals surface area contributed by atoms with Crippen molar-refractivity contribution in [2.75, 3.05) is 5.32 Å². The van der Waals surface area contributed by atoms with Gasteiger partial charge in [0, 0.05) is 5.69 Å². The zero-order valence-corrected chi connectivity index (χ0v) is 19.1. The second-order valence-corrected chi connectivity index (χ2v) is 8.41. The first-order valence-electron chi connectivity index (χ1n) is 11.7. The Bertz CT molecular complexity index is 752. The van der Waals surface area contributed by atoms with E-state index in [1.165, 1.54) is 75.3 Å². The summed E-state index contributed by atoms with van der Waals surface area (Å²) in [5, 5.41) is 2.81. The van der Waals surface area contributed by atoms with Crippen LogP contribution in [0.25, 0.3) is 0 Å². The number of anilines is 1. The summed E-state index contributed by atoms with van der Waals surface area (Å²) in [6.07, 6.45) is 14.2.